The number of nitrogens with one attached hydrogen (secondary N) is 2. The van der Waals surface area contributed by atoms with Gasteiger partial charge < -0.3 is 9.47 Å². The standard InChI is InChI=1S/C22H28N2O4/c1-5-17-10-12-18(13-11-17)28-16(4)22(26)24-23-21(25)14-27-20-9-7-6-8-19(20)15(2)3/h6-13,15-16H,5,14H2,1-4H3,(H,23,25)(H,24,26). The van der Waals surface area contributed by atoms with Crippen LogP contribution < -0.4 is 20.3 Å². The van der Waals surface area contributed by atoms with E-state index in [1.807, 2.05) is 48.5 Å². The van der Waals surface area contributed by atoms with Gasteiger partial charge in [-0.05, 0) is 48.6 Å². The summed E-state index contributed by atoms with van der Waals surface area (Å²) in [6, 6.07) is 15.1. The van der Waals surface area contributed by atoms with Crippen molar-refractivity contribution in [1.29, 1.82) is 0 Å². The van der Waals surface area contributed by atoms with Gasteiger partial charge in [0.25, 0.3) is 11.8 Å². The fraction of sp³-hybridized carbons (Fsp3) is 0.364. The van der Waals surface area contributed by atoms with Crippen molar-refractivity contribution in [2.75, 3.05) is 6.61 Å². The molecule has 1 atom stereocenters. The van der Waals surface area contributed by atoms with E-state index in [0.717, 1.165) is 12.0 Å². The molecule has 2 aromatic carbocycles. The maximum atomic E-state index is 12.1. The van der Waals surface area contributed by atoms with Crippen molar-refractivity contribution >= 4 is 11.8 Å². The summed E-state index contributed by atoms with van der Waals surface area (Å²) in [5.41, 5.74) is 6.91. The number of hydrogen-bond acceptors (Lipinski definition) is 4. The number of hydrazine groups is 1. The Balaban J connectivity index is 1.77. The zero-order valence-corrected chi connectivity index (χ0v) is 16.8. The fourth-order valence-electron chi connectivity index (χ4n) is 2.56. The molecule has 0 saturated heterocycles. The number of amides is 2. The van der Waals surface area contributed by atoms with E-state index in [-0.39, 0.29) is 12.5 Å². The van der Waals surface area contributed by atoms with Crippen LogP contribution in [0, 0.1) is 0 Å². The van der Waals surface area contributed by atoms with Gasteiger partial charge in [-0.25, -0.2) is 0 Å². The van der Waals surface area contributed by atoms with Gasteiger partial charge >= 0.3 is 0 Å². The molecule has 0 saturated carbocycles. The van der Waals surface area contributed by atoms with Crippen LogP contribution in [-0.2, 0) is 16.0 Å². The van der Waals surface area contributed by atoms with Crippen molar-refractivity contribution in [3.05, 3.63) is 59.7 Å². The Labute approximate surface area is 166 Å². The van der Waals surface area contributed by atoms with Gasteiger partial charge in [-0.2, -0.15) is 0 Å². The van der Waals surface area contributed by atoms with Crippen molar-refractivity contribution in [3.63, 3.8) is 0 Å². The highest BCUT2D eigenvalue weighted by molar-refractivity contribution is 5.85. The van der Waals surface area contributed by atoms with E-state index in [1.165, 1.54) is 5.56 Å². The van der Waals surface area contributed by atoms with Crippen LogP contribution in [0.15, 0.2) is 48.5 Å². The first-order valence-corrected chi connectivity index (χ1v) is 9.46. The number of hydrogen-bond donors (Lipinski definition) is 2. The third-order valence-electron chi connectivity index (χ3n) is 4.24. The Bertz CT molecular complexity index is 787. The molecule has 0 aliphatic heterocycles. The van der Waals surface area contributed by atoms with Gasteiger partial charge in [0.15, 0.2) is 12.7 Å². The first-order chi connectivity index (χ1) is 13.4. The van der Waals surface area contributed by atoms with Gasteiger partial charge in [0.1, 0.15) is 11.5 Å². The number of benzene rings is 2. The first-order valence-electron chi connectivity index (χ1n) is 9.46. The van der Waals surface area contributed by atoms with Gasteiger partial charge in [0.2, 0.25) is 0 Å². The van der Waals surface area contributed by atoms with Crippen LogP contribution in [0.3, 0.4) is 0 Å². The topological polar surface area (TPSA) is 76.7 Å². The van der Waals surface area contributed by atoms with Gasteiger partial charge in [-0.1, -0.05) is 51.1 Å². The molecular weight excluding hydrogens is 356 g/mol. The van der Waals surface area contributed by atoms with E-state index in [1.54, 1.807) is 6.92 Å². The Kier molecular flexibility index (Phi) is 7.87. The summed E-state index contributed by atoms with van der Waals surface area (Å²) >= 11 is 0. The average Bonchev–Trinajstić information content (AvgIpc) is 2.71. The van der Waals surface area contributed by atoms with Crippen LogP contribution in [0.1, 0.15) is 44.7 Å². The maximum absolute atomic E-state index is 12.1. The molecule has 1 unspecified atom stereocenters. The summed E-state index contributed by atoms with van der Waals surface area (Å²) in [6.45, 7) is 7.60. The van der Waals surface area contributed by atoms with Gasteiger partial charge in [-0.3, -0.25) is 20.4 Å². The Morgan fingerprint density at radius 3 is 2.29 bits per heavy atom. The van der Waals surface area contributed by atoms with Crippen molar-refractivity contribution in [3.8, 4) is 11.5 Å². The van der Waals surface area contributed by atoms with E-state index >= 15 is 0 Å². The molecule has 0 spiro atoms. The van der Waals surface area contributed by atoms with Gasteiger partial charge in [0, 0.05) is 0 Å². The summed E-state index contributed by atoms with van der Waals surface area (Å²) in [6.07, 6.45) is 0.182. The molecule has 2 aromatic rings. The average molecular weight is 384 g/mol. The van der Waals surface area contributed by atoms with E-state index in [9.17, 15) is 9.59 Å². The maximum Gasteiger partial charge on any atom is 0.279 e. The minimum absolute atomic E-state index is 0.197. The molecule has 0 fully saturated rings. The van der Waals surface area contributed by atoms with E-state index in [0.29, 0.717) is 11.5 Å². The molecule has 6 heteroatoms. The minimum Gasteiger partial charge on any atom is -0.483 e. The summed E-state index contributed by atoms with van der Waals surface area (Å²) < 4.78 is 11.2. The van der Waals surface area contributed by atoms with Crippen LogP contribution >= 0.6 is 0 Å². The molecule has 150 valence electrons. The summed E-state index contributed by atoms with van der Waals surface area (Å²) in [5, 5.41) is 0. The highest BCUT2D eigenvalue weighted by Crippen LogP contribution is 2.25. The molecule has 28 heavy (non-hydrogen) atoms. The lowest BCUT2D eigenvalue weighted by Crippen LogP contribution is -2.48. The smallest absolute Gasteiger partial charge is 0.279 e. The zero-order chi connectivity index (χ0) is 20.5. The third-order valence-corrected chi connectivity index (χ3v) is 4.24. The SMILES string of the molecule is CCc1ccc(OC(C)C(=O)NNC(=O)COc2ccccc2C(C)C)cc1. The largest absolute Gasteiger partial charge is 0.483 e. The lowest BCUT2D eigenvalue weighted by molar-refractivity contribution is -0.133. The second-order valence-corrected chi connectivity index (χ2v) is 6.78. The van der Waals surface area contributed by atoms with E-state index in [2.05, 4.69) is 31.6 Å². The second-order valence-electron chi connectivity index (χ2n) is 6.78. The zero-order valence-electron chi connectivity index (χ0n) is 16.8. The minimum atomic E-state index is -0.754. The van der Waals surface area contributed by atoms with Gasteiger partial charge in [0.05, 0.1) is 0 Å². The fourth-order valence-corrected chi connectivity index (χ4v) is 2.56. The number of aryl methyl sites for hydroxylation is 1. The molecular formula is C22H28N2O4. The summed E-state index contributed by atoms with van der Waals surface area (Å²) in [7, 11) is 0. The molecule has 2 rings (SSSR count). The Morgan fingerprint density at radius 1 is 0.964 bits per heavy atom. The van der Waals surface area contributed by atoms with Gasteiger partial charge in [-0.15, -0.1) is 0 Å². The quantitative estimate of drug-likeness (QED) is 0.684. The van der Waals surface area contributed by atoms with Crippen LogP contribution in [0.2, 0.25) is 0 Å². The Morgan fingerprint density at radius 2 is 1.64 bits per heavy atom. The summed E-state index contributed by atoms with van der Waals surface area (Å²) in [4.78, 5) is 24.1. The van der Waals surface area contributed by atoms with E-state index < -0.39 is 17.9 Å². The highest BCUT2D eigenvalue weighted by atomic mass is 16.5. The monoisotopic (exact) mass is 384 g/mol. The molecule has 0 aliphatic rings. The Hall–Kier alpha value is -3.02. The number of ether oxygens (including phenoxy) is 2. The lowest BCUT2D eigenvalue weighted by Gasteiger charge is -2.16. The normalized spacial score (nSPS) is 11.6. The van der Waals surface area contributed by atoms with Crippen LogP contribution in [0.25, 0.3) is 0 Å². The first kappa shape index (κ1) is 21.3. The van der Waals surface area contributed by atoms with Crippen LogP contribution in [0.4, 0.5) is 0 Å². The lowest BCUT2D eigenvalue weighted by atomic mass is 10.0. The van der Waals surface area contributed by atoms with Crippen LogP contribution in [0.5, 0.6) is 11.5 Å². The van der Waals surface area contributed by atoms with Crippen molar-refractivity contribution in [2.24, 2.45) is 0 Å². The molecule has 6 nitrogen and oxygen atoms in total. The molecule has 2 N–H and O–H groups in total. The second kappa shape index (κ2) is 10.3. The molecule has 0 radical (unpaired) electrons. The van der Waals surface area contributed by atoms with Crippen molar-refractivity contribution < 1.29 is 19.1 Å². The van der Waals surface area contributed by atoms with E-state index in [4.69, 9.17) is 9.47 Å². The highest BCUT2D eigenvalue weighted by Gasteiger charge is 2.16. The number of rotatable bonds is 8. The predicted molar refractivity (Wildman–Crippen MR) is 108 cm³/mol. The van der Waals surface area contributed by atoms with Crippen molar-refractivity contribution in [2.45, 2.75) is 46.1 Å². The predicted octanol–water partition coefficient (Wildman–Crippen LogP) is 3.37. The molecule has 2 amide bonds. The molecule has 0 bridgehead atoms. The molecule has 0 aromatic heterocycles. The number of carbonyl (C=O) groups excluding carboxylic acids is 2. The molecule has 0 heterocycles. The van der Waals surface area contributed by atoms with Crippen LogP contribution in [-0.4, -0.2) is 24.5 Å². The van der Waals surface area contributed by atoms with Crippen molar-refractivity contribution in [1.82, 2.24) is 10.9 Å². The number of carbonyl (C=O) groups is 2. The summed E-state index contributed by atoms with van der Waals surface area (Å²) in [5.74, 6) is 0.635. The third kappa shape index (κ3) is 6.30. The number of para-hydroxylation sites is 1. The molecule has 0 aliphatic carbocycles.